The molecule has 3 heterocycles. The van der Waals surface area contributed by atoms with E-state index in [2.05, 4.69) is 30.6 Å². The number of nitrogens with one attached hydrogen (secondary N) is 2. The van der Waals surface area contributed by atoms with Crippen LogP contribution in [0.3, 0.4) is 0 Å². The predicted octanol–water partition coefficient (Wildman–Crippen LogP) is 4.17. The van der Waals surface area contributed by atoms with Gasteiger partial charge in [0.2, 0.25) is 11.8 Å². The summed E-state index contributed by atoms with van der Waals surface area (Å²) in [5, 5.41) is 7.62. The van der Waals surface area contributed by atoms with Crippen LogP contribution in [-0.2, 0) is 6.54 Å². The Morgan fingerprint density at radius 2 is 1.87 bits per heavy atom. The summed E-state index contributed by atoms with van der Waals surface area (Å²) in [5.41, 5.74) is 1.02. The smallest absolute Gasteiger partial charge is 0.233 e. The Hall–Kier alpha value is -3.50. The van der Waals surface area contributed by atoms with E-state index in [-0.39, 0.29) is 0 Å². The lowest BCUT2D eigenvalue weighted by Crippen LogP contribution is -2.28. The first kappa shape index (κ1) is 20.8. The molecular weight excluding hydrogens is 432 g/mol. The summed E-state index contributed by atoms with van der Waals surface area (Å²) >= 11 is 6.67. The topological polar surface area (TPSA) is 98.0 Å². The molecule has 0 saturated carbocycles. The number of aromatic nitrogens is 4. The first-order valence-electron chi connectivity index (χ1n) is 9.26. The molecule has 0 aliphatic rings. The lowest BCUT2D eigenvalue weighted by Gasteiger charge is -2.10. The number of rotatable bonds is 7. The van der Waals surface area contributed by atoms with E-state index in [9.17, 15) is 0 Å². The Morgan fingerprint density at radius 1 is 1.06 bits per heavy atom. The average molecular weight is 451 g/mol. The Morgan fingerprint density at radius 3 is 2.65 bits per heavy atom. The number of hydrogen-bond acceptors (Lipinski definition) is 8. The van der Waals surface area contributed by atoms with Crippen molar-refractivity contribution < 1.29 is 9.15 Å². The number of ether oxygens (including phenoxy) is 1. The Bertz CT molecular complexity index is 1160. The van der Waals surface area contributed by atoms with Gasteiger partial charge in [0.25, 0.3) is 0 Å². The molecule has 0 bridgehead atoms. The monoisotopic (exact) mass is 450 g/mol. The van der Waals surface area contributed by atoms with Gasteiger partial charge in [-0.05, 0) is 42.2 Å². The fourth-order valence-corrected chi connectivity index (χ4v) is 3.46. The van der Waals surface area contributed by atoms with Crippen molar-refractivity contribution in [2.45, 2.75) is 16.7 Å². The third-order valence-electron chi connectivity index (χ3n) is 3.99. The molecule has 0 aliphatic carbocycles. The number of hydrogen-bond donors (Lipinski definition) is 2. The molecule has 2 N–H and O–H groups in total. The molecule has 0 amide bonds. The van der Waals surface area contributed by atoms with E-state index in [4.69, 9.17) is 21.4 Å². The zero-order chi connectivity index (χ0) is 21.5. The van der Waals surface area contributed by atoms with Gasteiger partial charge >= 0.3 is 0 Å². The summed E-state index contributed by atoms with van der Waals surface area (Å²) in [6.45, 7) is 0.419. The number of thiocarbonyl (C=S) groups is 1. The summed E-state index contributed by atoms with van der Waals surface area (Å²) < 4.78 is 11.1. The SMILES string of the molecule is COc1cc(Sc2ncccn2)nc(NC(=S)NCc2ccc(-c3ccccc3)o2)n1. The van der Waals surface area contributed by atoms with Crippen molar-refractivity contribution in [3.05, 3.63) is 72.8 Å². The molecule has 1 aromatic carbocycles. The van der Waals surface area contributed by atoms with Crippen LogP contribution in [-0.4, -0.2) is 32.2 Å². The number of benzene rings is 1. The molecule has 0 saturated heterocycles. The van der Waals surface area contributed by atoms with Crippen LogP contribution >= 0.6 is 24.0 Å². The number of methoxy groups -OCH3 is 1. The minimum absolute atomic E-state index is 0.305. The van der Waals surface area contributed by atoms with E-state index in [0.717, 1.165) is 17.1 Å². The molecule has 0 fully saturated rings. The minimum atomic E-state index is 0.305. The van der Waals surface area contributed by atoms with Crippen LogP contribution in [0, 0.1) is 0 Å². The Balaban J connectivity index is 1.38. The zero-order valence-electron chi connectivity index (χ0n) is 16.5. The van der Waals surface area contributed by atoms with Gasteiger partial charge in [-0.25, -0.2) is 15.0 Å². The maximum atomic E-state index is 5.87. The minimum Gasteiger partial charge on any atom is -0.481 e. The normalized spacial score (nSPS) is 10.5. The second-order valence-corrected chi connectivity index (χ2v) is 7.54. The first-order chi connectivity index (χ1) is 15.2. The number of furan rings is 1. The molecular formula is C21H18N6O2S2. The average Bonchev–Trinajstić information content (AvgIpc) is 3.28. The summed E-state index contributed by atoms with van der Waals surface area (Å²) in [5.74, 6) is 2.27. The largest absolute Gasteiger partial charge is 0.481 e. The summed E-state index contributed by atoms with van der Waals surface area (Å²) in [7, 11) is 1.54. The molecule has 31 heavy (non-hydrogen) atoms. The standard InChI is InChI=1S/C21H18N6O2S2/c1-28-17-12-18(31-21-22-10-5-11-23-21)26-19(25-17)27-20(30)24-13-15-8-9-16(29-15)14-6-3-2-4-7-14/h2-12H,13H2,1H3,(H2,24,25,26,27,30). The van der Waals surface area contributed by atoms with E-state index in [0.29, 0.717) is 33.7 Å². The van der Waals surface area contributed by atoms with Gasteiger partial charge in [-0.1, -0.05) is 30.3 Å². The van der Waals surface area contributed by atoms with Gasteiger partial charge in [-0.3, -0.25) is 0 Å². The maximum Gasteiger partial charge on any atom is 0.233 e. The van der Waals surface area contributed by atoms with Crippen LogP contribution in [0.25, 0.3) is 11.3 Å². The highest BCUT2D eigenvalue weighted by Gasteiger charge is 2.10. The first-order valence-corrected chi connectivity index (χ1v) is 10.5. The van der Waals surface area contributed by atoms with Crippen molar-refractivity contribution in [3.8, 4) is 17.2 Å². The van der Waals surface area contributed by atoms with Crippen molar-refractivity contribution in [3.63, 3.8) is 0 Å². The molecule has 3 aromatic heterocycles. The van der Waals surface area contributed by atoms with E-state index in [1.807, 2.05) is 42.5 Å². The number of anilines is 1. The molecule has 0 aliphatic heterocycles. The van der Waals surface area contributed by atoms with Crippen LogP contribution in [0.15, 0.2) is 81.6 Å². The number of nitrogens with zero attached hydrogens (tertiary/aromatic N) is 4. The van der Waals surface area contributed by atoms with E-state index < -0.39 is 0 Å². The molecule has 4 rings (SSSR count). The fraction of sp³-hybridized carbons (Fsp3) is 0.0952. The third-order valence-corrected chi connectivity index (χ3v) is 5.05. The van der Waals surface area contributed by atoms with Gasteiger partial charge in [0, 0.05) is 24.0 Å². The second kappa shape index (κ2) is 10.0. The van der Waals surface area contributed by atoms with Crippen LogP contribution < -0.4 is 15.4 Å². The molecule has 0 atom stereocenters. The summed E-state index contributed by atoms with van der Waals surface area (Å²) in [6, 6.07) is 17.2. The van der Waals surface area contributed by atoms with Gasteiger partial charge in [-0.15, -0.1) is 0 Å². The fourth-order valence-electron chi connectivity index (χ4n) is 2.59. The Labute approximate surface area is 188 Å². The molecule has 8 nitrogen and oxygen atoms in total. The summed E-state index contributed by atoms with van der Waals surface area (Å²) in [4.78, 5) is 17.1. The quantitative estimate of drug-likeness (QED) is 0.242. The van der Waals surface area contributed by atoms with Crippen molar-refractivity contribution in [2.75, 3.05) is 12.4 Å². The van der Waals surface area contributed by atoms with Crippen LogP contribution in [0.2, 0.25) is 0 Å². The van der Waals surface area contributed by atoms with E-state index >= 15 is 0 Å². The lowest BCUT2D eigenvalue weighted by molar-refractivity contribution is 0.396. The highest BCUT2D eigenvalue weighted by Crippen LogP contribution is 2.26. The van der Waals surface area contributed by atoms with Gasteiger partial charge in [-0.2, -0.15) is 4.98 Å². The van der Waals surface area contributed by atoms with Crippen molar-refractivity contribution in [2.24, 2.45) is 0 Å². The predicted molar refractivity (Wildman–Crippen MR) is 122 cm³/mol. The van der Waals surface area contributed by atoms with Gasteiger partial charge < -0.3 is 19.8 Å². The van der Waals surface area contributed by atoms with Gasteiger partial charge in [0.1, 0.15) is 16.5 Å². The van der Waals surface area contributed by atoms with Gasteiger partial charge in [0.15, 0.2) is 10.3 Å². The van der Waals surface area contributed by atoms with Crippen molar-refractivity contribution in [1.29, 1.82) is 0 Å². The van der Waals surface area contributed by atoms with Crippen LogP contribution in [0.5, 0.6) is 5.88 Å². The molecule has 0 unspecified atom stereocenters. The third kappa shape index (κ3) is 5.77. The van der Waals surface area contributed by atoms with Crippen LogP contribution in [0.4, 0.5) is 5.95 Å². The van der Waals surface area contributed by atoms with E-state index in [1.54, 1.807) is 24.5 Å². The molecule has 4 aromatic rings. The van der Waals surface area contributed by atoms with E-state index in [1.165, 1.54) is 18.9 Å². The van der Waals surface area contributed by atoms with Crippen molar-refractivity contribution in [1.82, 2.24) is 25.3 Å². The van der Waals surface area contributed by atoms with Gasteiger partial charge in [0.05, 0.1) is 13.7 Å². The second-order valence-electron chi connectivity index (χ2n) is 6.15. The molecule has 156 valence electrons. The molecule has 0 radical (unpaired) electrons. The zero-order valence-corrected chi connectivity index (χ0v) is 18.1. The highest BCUT2D eigenvalue weighted by atomic mass is 32.2. The highest BCUT2D eigenvalue weighted by molar-refractivity contribution is 7.99. The Kier molecular flexibility index (Phi) is 6.70. The molecule has 10 heteroatoms. The molecule has 0 spiro atoms. The summed E-state index contributed by atoms with van der Waals surface area (Å²) in [6.07, 6.45) is 3.34. The lowest BCUT2D eigenvalue weighted by atomic mass is 10.2. The van der Waals surface area contributed by atoms with Crippen LogP contribution in [0.1, 0.15) is 5.76 Å². The maximum absolute atomic E-state index is 5.87. The van der Waals surface area contributed by atoms with Crippen molar-refractivity contribution >= 4 is 35.0 Å².